The van der Waals surface area contributed by atoms with Crippen LogP contribution in [-0.2, 0) is 0 Å². The van der Waals surface area contributed by atoms with E-state index in [2.05, 4.69) is 89.5 Å². The third-order valence-electron chi connectivity index (χ3n) is 8.59. The Balaban J connectivity index is 1.73. The highest BCUT2D eigenvalue weighted by Crippen LogP contribution is 2.40. The van der Waals surface area contributed by atoms with E-state index >= 15 is 0 Å². The summed E-state index contributed by atoms with van der Waals surface area (Å²) in [4.78, 5) is 36.1. The molecule has 5 heteroatoms. The zero-order chi connectivity index (χ0) is 29.6. The standard InChI is InChI=1S/C36H39N3O2/c1-19-13-9-11-15-27(19)33(35-21(3)31(25(7)40)23(5)37-35)29-17-18-30(39-29)34(28-16-12-10-14-20(28)2)36-22(4)32(26(8)41)24(6)38-36/h9-18,33-34,37-39H,1-8H3. The summed E-state index contributed by atoms with van der Waals surface area (Å²) in [5, 5.41) is 0. The number of Topliss-reactive ketones (excluding diaryl/α,β-unsaturated/α-hetero) is 2. The Bertz CT molecular complexity index is 1650. The first-order valence-corrected chi connectivity index (χ1v) is 14.2. The molecule has 0 aliphatic carbocycles. The second-order valence-electron chi connectivity index (χ2n) is 11.4. The molecular formula is C36H39N3O2. The van der Waals surface area contributed by atoms with Gasteiger partial charge in [-0.25, -0.2) is 0 Å². The maximum Gasteiger partial charge on any atom is 0.161 e. The van der Waals surface area contributed by atoms with E-state index in [-0.39, 0.29) is 23.4 Å². The molecule has 2 atom stereocenters. The van der Waals surface area contributed by atoms with E-state index in [1.807, 2.05) is 27.7 Å². The first-order chi connectivity index (χ1) is 19.5. The summed E-state index contributed by atoms with van der Waals surface area (Å²) >= 11 is 0. The smallest absolute Gasteiger partial charge is 0.161 e. The minimum Gasteiger partial charge on any atom is -0.361 e. The van der Waals surface area contributed by atoms with E-state index in [1.165, 1.54) is 22.3 Å². The van der Waals surface area contributed by atoms with Crippen molar-refractivity contribution < 1.29 is 9.59 Å². The van der Waals surface area contributed by atoms with Gasteiger partial charge in [0.05, 0.1) is 11.8 Å². The average molecular weight is 546 g/mol. The lowest BCUT2D eigenvalue weighted by molar-refractivity contribution is 0.100. The molecule has 2 unspecified atom stereocenters. The van der Waals surface area contributed by atoms with Crippen molar-refractivity contribution in [1.29, 1.82) is 0 Å². The van der Waals surface area contributed by atoms with Crippen molar-refractivity contribution >= 4 is 11.6 Å². The van der Waals surface area contributed by atoms with Crippen LogP contribution in [0.25, 0.3) is 0 Å². The zero-order valence-electron chi connectivity index (χ0n) is 25.2. The summed E-state index contributed by atoms with van der Waals surface area (Å²) < 4.78 is 0. The monoisotopic (exact) mass is 545 g/mol. The molecule has 0 amide bonds. The van der Waals surface area contributed by atoms with Gasteiger partial charge in [0.15, 0.2) is 11.6 Å². The van der Waals surface area contributed by atoms with Crippen molar-refractivity contribution in [3.05, 3.63) is 139 Å². The Hall–Kier alpha value is -4.38. The molecule has 0 bridgehead atoms. The van der Waals surface area contributed by atoms with Gasteiger partial charge in [0.25, 0.3) is 0 Å². The van der Waals surface area contributed by atoms with Gasteiger partial charge in [-0.2, -0.15) is 0 Å². The number of hydrogen-bond acceptors (Lipinski definition) is 2. The second kappa shape index (κ2) is 10.9. The summed E-state index contributed by atoms with van der Waals surface area (Å²) in [5.74, 6) is -0.101. The number of rotatable bonds is 8. The van der Waals surface area contributed by atoms with Crippen LogP contribution in [-0.4, -0.2) is 26.5 Å². The van der Waals surface area contributed by atoms with E-state index in [0.717, 1.165) is 56.4 Å². The number of aromatic amines is 3. The van der Waals surface area contributed by atoms with Gasteiger partial charge in [-0.05, 0) is 101 Å². The van der Waals surface area contributed by atoms with Crippen LogP contribution >= 0.6 is 0 Å². The van der Waals surface area contributed by atoms with E-state index in [9.17, 15) is 9.59 Å². The lowest BCUT2D eigenvalue weighted by Gasteiger charge is -2.21. The van der Waals surface area contributed by atoms with Crippen molar-refractivity contribution in [3.63, 3.8) is 0 Å². The molecule has 3 heterocycles. The lowest BCUT2D eigenvalue weighted by atomic mass is 9.87. The molecule has 41 heavy (non-hydrogen) atoms. The number of aryl methyl sites for hydroxylation is 4. The van der Waals surface area contributed by atoms with E-state index < -0.39 is 0 Å². The first-order valence-electron chi connectivity index (χ1n) is 14.2. The molecule has 3 N–H and O–H groups in total. The number of H-pyrrole nitrogens is 3. The molecule has 0 spiro atoms. The third-order valence-corrected chi connectivity index (χ3v) is 8.59. The maximum absolute atomic E-state index is 12.6. The number of ketones is 2. The molecular weight excluding hydrogens is 506 g/mol. The van der Waals surface area contributed by atoms with Crippen LogP contribution in [0.15, 0.2) is 60.7 Å². The van der Waals surface area contributed by atoms with E-state index in [1.54, 1.807) is 13.8 Å². The van der Waals surface area contributed by atoms with Gasteiger partial charge in [0, 0.05) is 45.3 Å². The minimum absolute atomic E-state index is 0.0664. The Morgan fingerprint density at radius 2 is 0.902 bits per heavy atom. The molecule has 0 aliphatic rings. The van der Waals surface area contributed by atoms with Crippen LogP contribution < -0.4 is 0 Å². The number of benzene rings is 2. The summed E-state index contributed by atoms with van der Waals surface area (Å²) in [6.07, 6.45) is 0. The number of carbonyl (C=O) groups excluding carboxylic acids is 2. The summed E-state index contributed by atoms with van der Waals surface area (Å²) in [7, 11) is 0. The molecule has 0 saturated heterocycles. The SMILES string of the molecule is CC(=O)c1c(C)[nH]c(C(c2ccc(C(c3ccccc3C)c3[nH]c(C)c(C(C)=O)c3C)[nH]2)c2ccccc2C)c1C. The third kappa shape index (κ3) is 4.90. The highest BCUT2D eigenvalue weighted by molar-refractivity contribution is 5.97. The van der Waals surface area contributed by atoms with E-state index in [0.29, 0.717) is 0 Å². The number of carbonyl (C=O) groups is 2. The van der Waals surface area contributed by atoms with Gasteiger partial charge in [-0.3, -0.25) is 9.59 Å². The number of nitrogens with one attached hydrogen (secondary N) is 3. The Labute approximate surface area is 242 Å². The Morgan fingerprint density at radius 1 is 0.537 bits per heavy atom. The summed E-state index contributed by atoms with van der Waals surface area (Å²) in [5.41, 5.74) is 14.1. The first kappa shape index (κ1) is 28.2. The molecule has 5 nitrogen and oxygen atoms in total. The molecule has 2 aromatic carbocycles. The summed E-state index contributed by atoms with van der Waals surface area (Å²) in [6, 6.07) is 21.2. The largest absolute Gasteiger partial charge is 0.361 e. The van der Waals surface area contributed by atoms with Crippen LogP contribution in [0.3, 0.4) is 0 Å². The van der Waals surface area contributed by atoms with Gasteiger partial charge in [-0.15, -0.1) is 0 Å². The van der Waals surface area contributed by atoms with Crippen LogP contribution in [0.2, 0.25) is 0 Å². The fourth-order valence-electron chi connectivity index (χ4n) is 6.73. The lowest BCUT2D eigenvalue weighted by Crippen LogP contribution is -2.11. The van der Waals surface area contributed by atoms with Gasteiger partial charge < -0.3 is 15.0 Å². The van der Waals surface area contributed by atoms with Gasteiger partial charge >= 0.3 is 0 Å². The normalized spacial score (nSPS) is 12.9. The fourth-order valence-corrected chi connectivity index (χ4v) is 6.73. The summed E-state index contributed by atoms with van der Waals surface area (Å²) in [6.45, 7) is 15.5. The highest BCUT2D eigenvalue weighted by atomic mass is 16.1. The van der Waals surface area contributed by atoms with Crippen LogP contribution in [0.1, 0.15) is 114 Å². The molecule has 0 radical (unpaired) electrons. The topological polar surface area (TPSA) is 81.5 Å². The minimum atomic E-state index is -0.117. The fraction of sp³-hybridized carbons (Fsp3) is 0.278. The molecule has 0 saturated carbocycles. The predicted octanol–water partition coefficient (Wildman–Crippen LogP) is 8.29. The van der Waals surface area contributed by atoms with Crippen molar-refractivity contribution in [2.45, 2.75) is 67.2 Å². The van der Waals surface area contributed by atoms with Crippen molar-refractivity contribution in [2.24, 2.45) is 0 Å². The van der Waals surface area contributed by atoms with Crippen LogP contribution in [0.4, 0.5) is 0 Å². The van der Waals surface area contributed by atoms with Crippen molar-refractivity contribution in [3.8, 4) is 0 Å². The number of hydrogen-bond donors (Lipinski definition) is 3. The molecule has 3 aromatic heterocycles. The van der Waals surface area contributed by atoms with E-state index in [4.69, 9.17) is 0 Å². The van der Waals surface area contributed by atoms with Crippen LogP contribution in [0.5, 0.6) is 0 Å². The van der Waals surface area contributed by atoms with Gasteiger partial charge in [-0.1, -0.05) is 48.5 Å². The molecule has 210 valence electrons. The molecule has 5 rings (SSSR count). The maximum atomic E-state index is 12.6. The van der Waals surface area contributed by atoms with Crippen LogP contribution in [0, 0.1) is 41.5 Å². The molecule has 0 fully saturated rings. The molecule has 5 aromatic rings. The van der Waals surface area contributed by atoms with Gasteiger partial charge in [0.2, 0.25) is 0 Å². The van der Waals surface area contributed by atoms with Crippen molar-refractivity contribution in [1.82, 2.24) is 15.0 Å². The van der Waals surface area contributed by atoms with Crippen molar-refractivity contribution in [2.75, 3.05) is 0 Å². The number of aromatic nitrogens is 3. The Morgan fingerprint density at radius 3 is 1.22 bits per heavy atom. The molecule has 0 aliphatic heterocycles. The predicted molar refractivity (Wildman–Crippen MR) is 166 cm³/mol. The average Bonchev–Trinajstić information content (AvgIpc) is 3.58. The second-order valence-corrected chi connectivity index (χ2v) is 11.4. The zero-order valence-corrected chi connectivity index (χ0v) is 25.2. The van der Waals surface area contributed by atoms with Gasteiger partial charge in [0.1, 0.15) is 0 Å². The quantitative estimate of drug-likeness (QED) is 0.171. The Kier molecular flexibility index (Phi) is 7.48. The highest BCUT2D eigenvalue weighted by Gasteiger charge is 2.30.